The lowest BCUT2D eigenvalue weighted by Gasteiger charge is -2.37. The molecule has 1 saturated carbocycles. The van der Waals surface area contributed by atoms with Crippen LogP contribution in [-0.4, -0.2) is 40.9 Å². The number of nitrogens with two attached hydrogens (primary N) is 1. The van der Waals surface area contributed by atoms with Crippen molar-refractivity contribution in [3.05, 3.63) is 0 Å². The van der Waals surface area contributed by atoms with Gasteiger partial charge in [-0.3, -0.25) is 4.79 Å². The zero-order valence-corrected chi connectivity index (χ0v) is 10.1. The molecule has 2 rings (SSSR count). The van der Waals surface area contributed by atoms with Gasteiger partial charge >= 0.3 is 0 Å². The van der Waals surface area contributed by atoms with Crippen molar-refractivity contribution in [1.29, 1.82) is 0 Å². The first-order valence-corrected chi connectivity index (χ1v) is 7.11. The van der Waals surface area contributed by atoms with Crippen LogP contribution in [0.4, 0.5) is 0 Å². The maximum absolute atomic E-state index is 11.9. The van der Waals surface area contributed by atoms with E-state index in [2.05, 4.69) is 6.26 Å². The van der Waals surface area contributed by atoms with Gasteiger partial charge < -0.3 is 10.6 Å². The highest BCUT2D eigenvalue weighted by atomic mass is 32.2. The molecule has 4 heteroatoms. The topological polar surface area (TPSA) is 46.3 Å². The Morgan fingerprint density at radius 3 is 2.67 bits per heavy atom. The average Bonchev–Trinajstić information content (AvgIpc) is 2.60. The van der Waals surface area contributed by atoms with E-state index < -0.39 is 0 Å². The zero-order valence-electron chi connectivity index (χ0n) is 9.32. The van der Waals surface area contributed by atoms with Crippen LogP contribution in [0.5, 0.6) is 0 Å². The van der Waals surface area contributed by atoms with Crippen molar-refractivity contribution < 1.29 is 4.79 Å². The van der Waals surface area contributed by atoms with Gasteiger partial charge in [-0.15, -0.1) is 0 Å². The predicted octanol–water partition coefficient (Wildman–Crippen LogP) is 1.22. The van der Waals surface area contributed by atoms with Crippen LogP contribution in [0.15, 0.2) is 0 Å². The lowest BCUT2D eigenvalue weighted by atomic mass is 9.94. The van der Waals surface area contributed by atoms with Gasteiger partial charge in [-0.05, 0) is 25.5 Å². The SMILES string of the molecule is CSC1CCCCC1N1CCC(N)C1=O. The van der Waals surface area contributed by atoms with E-state index in [0.717, 1.165) is 13.0 Å². The summed E-state index contributed by atoms with van der Waals surface area (Å²) in [7, 11) is 0. The van der Waals surface area contributed by atoms with E-state index in [-0.39, 0.29) is 11.9 Å². The highest BCUT2D eigenvalue weighted by Gasteiger charge is 2.37. The maximum Gasteiger partial charge on any atom is 0.239 e. The first kappa shape index (κ1) is 11.3. The Kier molecular flexibility index (Phi) is 3.57. The van der Waals surface area contributed by atoms with Crippen LogP contribution in [0.1, 0.15) is 32.1 Å². The van der Waals surface area contributed by atoms with Gasteiger partial charge in [0, 0.05) is 17.8 Å². The number of nitrogens with zero attached hydrogens (tertiary/aromatic N) is 1. The quantitative estimate of drug-likeness (QED) is 0.773. The number of carbonyl (C=O) groups is 1. The minimum absolute atomic E-state index is 0.181. The van der Waals surface area contributed by atoms with E-state index in [4.69, 9.17) is 5.73 Å². The molecular formula is C11H20N2OS. The average molecular weight is 228 g/mol. The third kappa shape index (κ3) is 2.16. The summed E-state index contributed by atoms with van der Waals surface area (Å²) in [5.74, 6) is 0.181. The van der Waals surface area contributed by atoms with Crippen molar-refractivity contribution in [2.75, 3.05) is 12.8 Å². The van der Waals surface area contributed by atoms with Crippen molar-refractivity contribution in [3.8, 4) is 0 Å². The summed E-state index contributed by atoms with van der Waals surface area (Å²) >= 11 is 1.91. The van der Waals surface area contributed by atoms with Crippen LogP contribution in [0.25, 0.3) is 0 Å². The molecule has 3 atom stereocenters. The fourth-order valence-electron chi connectivity index (χ4n) is 2.76. The number of rotatable bonds is 2. The lowest BCUT2D eigenvalue weighted by Crippen LogP contribution is -2.47. The molecule has 1 heterocycles. The van der Waals surface area contributed by atoms with Crippen molar-refractivity contribution in [2.24, 2.45) is 5.73 Å². The monoisotopic (exact) mass is 228 g/mol. The molecule has 3 nitrogen and oxygen atoms in total. The predicted molar refractivity (Wildman–Crippen MR) is 63.9 cm³/mol. The first-order valence-electron chi connectivity index (χ1n) is 5.83. The molecule has 0 radical (unpaired) electrons. The molecule has 0 aromatic rings. The second kappa shape index (κ2) is 4.74. The second-order valence-electron chi connectivity index (χ2n) is 4.55. The van der Waals surface area contributed by atoms with Gasteiger partial charge in [-0.25, -0.2) is 0 Å². The summed E-state index contributed by atoms with van der Waals surface area (Å²) < 4.78 is 0. The van der Waals surface area contributed by atoms with Gasteiger partial charge in [-0.1, -0.05) is 12.8 Å². The summed E-state index contributed by atoms with van der Waals surface area (Å²) in [5, 5.41) is 0.632. The lowest BCUT2D eigenvalue weighted by molar-refractivity contribution is -0.131. The summed E-state index contributed by atoms with van der Waals surface area (Å²) in [5.41, 5.74) is 5.76. The molecule has 3 unspecified atom stereocenters. The summed E-state index contributed by atoms with van der Waals surface area (Å²) in [6.45, 7) is 0.877. The van der Waals surface area contributed by atoms with Crippen molar-refractivity contribution in [3.63, 3.8) is 0 Å². The first-order chi connectivity index (χ1) is 7.24. The molecule has 0 aromatic carbocycles. The van der Waals surface area contributed by atoms with Gasteiger partial charge in [0.15, 0.2) is 0 Å². The minimum Gasteiger partial charge on any atom is -0.337 e. The zero-order chi connectivity index (χ0) is 10.8. The molecule has 1 amide bonds. The molecule has 0 aromatic heterocycles. The Morgan fingerprint density at radius 1 is 1.33 bits per heavy atom. The summed E-state index contributed by atoms with van der Waals surface area (Å²) in [6.07, 6.45) is 8.01. The minimum atomic E-state index is -0.227. The smallest absolute Gasteiger partial charge is 0.239 e. The number of carbonyl (C=O) groups excluding carboxylic acids is 1. The highest BCUT2D eigenvalue weighted by Crippen LogP contribution is 2.32. The van der Waals surface area contributed by atoms with Crippen LogP contribution in [0.2, 0.25) is 0 Å². The summed E-state index contributed by atoms with van der Waals surface area (Å²) in [4.78, 5) is 13.9. The van der Waals surface area contributed by atoms with Gasteiger partial charge in [0.25, 0.3) is 0 Å². The van der Waals surface area contributed by atoms with E-state index >= 15 is 0 Å². The van der Waals surface area contributed by atoms with Crippen molar-refractivity contribution in [1.82, 2.24) is 4.90 Å². The van der Waals surface area contributed by atoms with E-state index in [0.29, 0.717) is 11.3 Å². The van der Waals surface area contributed by atoms with E-state index in [9.17, 15) is 4.79 Å². The number of thioether (sulfide) groups is 1. The molecule has 0 spiro atoms. The van der Waals surface area contributed by atoms with Crippen molar-refractivity contribution in [2.45, 2.75) is 49.4 Å². The van der Waals surface area contributed by atoms with E-state index in [1.807, 2.05) is 16.7 Å². The van der Waals surface area contributed by atoms with E-state index in [1.165, 1.54) is 25.7 Å². The molecule has 2 fully saturated rings. The fraction of sp³-hybridized carbons (Fsp3) is 0.909. The van der Waals surface area contributed by atoms with Crippen LogP contribution < -0.4 is 5.73 Å². The molecule has 2 N–H and O–H groups in total. The molecule has 1 aliphatic heterocycles. The number of amides is 1. The molecule has 0 bridgehead atoms. The largest absolute Gasteiger partial charge is 0.337 e. The van der Waals surface area contributed by atoms with Gasteiger partial charge in [0.05, 0.1) is 6.04 Å². The van der Waals surface area contributed by atoms with Crippen LogP contribution in [-0.2, 0) is 4.79 Å². The molecule has 1 saturated heterocycles. The van der Waals surface area contributed by atoms with Gasteiger partial charge in [-0.2, -0.15) is 11.8 Å². The van der Waals surface area contributed by atoms with Crippen molar-refractivity contribution >= 4 is 17.7 Å². The maximum atomic E-state index is 11.9. The molecule has 1 aliphatic carbocycles. The Morgan fingerprint density at radius 2 is 2.07 bits per heavy atom. The molecular weight excluding hydrogens is 208 g/mol. The normalized spacial score (nSPS) is 37.3. The number of likely N-dealkylation sites (tertiary alicyclic amines) is 1. The van der Waals surface area contributed by atoms with Crippen LogP contribution >= 0.6 is 11.8 Å². The van der Waals surface area contributed by atoms with E-state index in [1.54, 1.807) is 0 Å². The second-order valence-corrected chi connectivity index (χ2v) is 5.63. The highest BCUT2D eigenvalue weighted by molar-refractivity contribution is 7.99. The Bertz CT molecular complexity index is 247. The van der Waals surface area contributed by atoms with Gasteiger partial charge in [0.2, 0.25) is 5.91 Å². The third-order valence-corrected chi connectivity index (χ3v) is 4.81. The van der Waals surface area contributed by atoms with Gasteiger partial charge in [0.1, 0.15) is 0 Å². The number of hydrogen-bond acceptors (Lipinski definition) is 3. The Balaban J connectivity index is 2.04. The third-order valence-electron chi connectivity index (χ3n) is 3.65. The Labute approximate surface area is 95.8 Å². The fourth-order valence-corrected chi connectivity index (χ4v) is 3.76. The standard InChI is InChI=1S/C11H20N2OS/c1-15-10-5-3-2-4-9(10)13-7-6-8(12)11(13)14/h8-10H,2-7,12H2,1H3. The molecule has 2 aliphatic rings. The van der Waals surface area contributed by atoms with Crippen LogP contribution in [0, 0.1) is 0 Å². The summed E-state index contributed by atoms with van der Waals surface area (Å²) in [6, 6.07) is 0.226. The van der Waals surface area contributed by atoms with Crippen LogP contribution in [0.3, 0.4) is 0 Å². The Hall–Kier alpha value is -0.220. The molecule has 86 valence electrons. The number of hydrogen-bond donors (Lipinski definition) is 1. The molecule has 15 heavy (non-hydrogen) atoms.